The normalized spacial score (nSPS) is 15.6. The first-order chi connectivity index (χ1) is 10.7. The molecule has 0 bridgehead atoms. The van der Waals surface area contributed by atoms with E-state index in [0.29, 0.717) is 23.5 Å². The molecule has 6 heteroatoms. The van der Waals surface area contributed by atoms with Gasteiger partial charge in [-0.05, 0) is 31.0 Å². The van der Waals surface area contributed by atoms with Gasteiger partial charge in [0, 0.05) is 24.4 Å². The highest BCUT2D eigenvalue weighted by atomic mass is 19.1. The smallest absolute Gasteiger partial charge is 0.145 e. The average molecular weight is 297 g/mol. The van der Waals surface area contributed by atoms with Crippen LogP contribution in [0.3, 0.4) is 0 Å². The van der Waals surface area contributed by atoms with Crippen molar-refractivity contribution in [2.45, 2.75) is 24.7 Å². The van der Waals surface area contributed by atoms with Crippen LogP contribution >= 0.6 is 0 Å². The standard InChI is InChI=1S/C16H16FN5/c17-12-3-1-7-20-14(12)16(5-2-6-16)10-22-13-4-8-21-15(19)11(13)9-18/h1,3-4,7-8H,2,5-6,10H2,(H3,19,21,22). The molecule has 3 rings (SSSR count). The first-order valence-corrected chi connectivity index (χ1v) is 7.16. The number of rotatable bonds is 4. The molecule has 22 heavy (non-hydrogen) atoms. The summed E-state index contributed by atoms with van der Waals surface area (Å²) in [6, 6.07) is 6.78. The van der Waals surface area contributed by atoms with Crippen LogP contribution in [0.2, 0.25) is 0 Å². The molecule has 2 heterocycles. The van der Waals surface area contributed by atoms with Crippen molar-refractivity contribution in [3.05, 3.63) is 47.7 Å². The minimum absolute atomic E-state index is 0.194. The molecule has 0 saturated heterocycles. The molecule has 0 aliphatic heterocycles. The fourth-order valence-electron chi connectivity index (χ4n) is 2.88. The molecule has 2 aromatic rings. The van der Waals surface area contributed by atoms with E-state index in [-0.39, 0.29) is 17.1 Å². The Morgan fingerprint density at radius 1 is 1.32 bits per heavy atom. The van der Waals surface area contributed by atoms with E-state index in [1.807, 2.05) is 6.07 Å². The molecule has 3 N–H and O–H groups in total. The Morgan fingerprint density at radius 2 is 2.14 bits per heavy atom. The number of nitrogen functional groups attached to an aromatic ring is 1. The highest BCUT2D eigenvalue weighted by molar-refractivity contribution is 5.66. The molecule has 0 unspecified atom stereocenters. The van der Waals surface area contributed by atoms with Crippen LogP contribution in [0.5, 0.6) is 0 Å². The Bertz CT molecular complexity index is 734. The lowest BCUT2D eigenvalue weighted by Crippen LogP contribution is -2.42. The lowest BCUT2D eigenvalue weighted by molar-refractivity contribution is 0.243. The van der Waals surface area contributed by atoms with Crippen LogP contribution < -0.4 is 11.1 Å². The second-order valence-electron chi connectivity index (χ2n) is 5.55. The monoisotopic (exact) mass is 297 g/mol. The summed E-state index contributed by atoms with van der Waals surface area (Å²) in [6.45, 7) is 0.513. The zero-order chi connectivity index (χ0) is 15.6. The van der Waals surface area contributed by atoms with Gasteiger partial charge in [0.1, 0.15) is 23.3 Å². The van der Waals surface area contributed by atoms with Crippen LogP contribution in [0.4, 0.5) is 15.9 Å². The van der Waals surface area contributed by atoms with Crippen LogP contribution in [-0.4, -0.2) is 16.5 Å². The molecule has 1 saturated carbocycles. The number of halogens is 1. The van der Waals surface area contributed by atoms with Crippen LogP contribution in [0.15, 0.2) is 30.6 Å². The van der Waals surface area contributed by atoms with Gasteiger partial charge in [-0.2, -0.15) is 5.26 Å². The third-order valence-electron chi connectivity index (χ3n) is 4.28. The topological polar surface area (TPSA) is 87.6 Å². The van der Waals surface area contributed by atoms with Gasteiger partial charge in [-0.25, -0.2) is 9.37 Å². The molecule has 0 aromatic carbocycles. The average Bonchev–Trinajstić information content (AvgIpc) is 2.48. The van der Waals surface area contributed by atoms with Gasteiger partial charge in [0.05, 0.1) is 11.4 Å². The molecule has 0 spiro atoms. The molecule has 112 valence electrons. The Kier molecular flexibility index (Phi) is 3.63. The lowest BCUT2D eigenvalue weighted by atomic mass is 9.66. The first-order valence-electron chi connectivity index (χ1n) is 7.16. The Morgan fingerprint density at radius 3 is 2.77 bits per heavy atom. The van der Waals surface area contributed by atoms with E-state index < -0.39 is 0 Å². The fourth-order valence-corrected chi connectivity index (χ4v) is 2.88. The van der Waals surface area contributed by atoms with Crippen molar-refractivity contribution in [3.63, 3.8) is 0 Å². The first kappa shape index (κ1) is 14.3. The van der Waals surface area contributed by atoms with Crippen molar-refractivity contribution in [3.8, 4) is 6.07 Å². The summed E-state index contributed by atoms with van der Waals surface area (Å²) < 4.78 is 14.1. The van der Waals surface area contributed by atoms with Crippen LogP contribution in [0.1, 0.15) is 30.5 Å². The molecule has 1 fully saturated rings. The van der Waals surface area contributed by atoms with E-state index in [0.717, 1.165) is 19.3 Å². The Labute approximate surface area is 128 Å². The zero-order valence-corrected chi connectivity index (χ0v) is 12.0. The highest BCUT2D eigenvalue weighted by Gasteiger charge is 2.41. The van der Waals surface area contributed by atoms with Gasteiger partial charge in [-0.1, -0.05) is 6.42 Å². The fraction of sp³-hybridized carbons (Fsp3) is 0.312. The zero-order valence-electron chi connectivity index (χ0n) is 12.0. The summed E-state index contributed by atoms with van der Waals surface area (Å²) in [5, 5.41) is 12.4. The molecular formula is C16H16FN5. The number of hydrogen-bond donors (Lipinski definition) is 2. The SMILES string of the molecule is N#Cc1c(NCC2(c3ncccc3F)CCC2)ccnc1N. The lowest BCUT2D eigenvalue weighted by Gasteiger charge is -2.41. The van der Waals surface area contributed by atoms with Gasteiger partial charge >= 0.3 is 0 Å². The van der Waals surface area contributed by atoms with Crippen molar-refractivity contribution in [1.29, 1.82) is 5.26 Å². The van der Waals surface area contributed by atoms with E-state index in [2.05, 4.69) is 15.3 Å². The summed E-state index contributed by atoms with van der Waals surface area (Å²) in [5.74, 6) is -0.0853. The van der Waals surface area contributed by atoms with Crippen molar-refractivity contribution >= 4 is 11.5 Å². The Balaban J connectivity index is 1.85. The van der Waals surface area contributed by atoms with Gasteiger partial charge in [0.15, 0.2) is 0 Å². The molecular weight excluding hydrogens is 281 g/mol. The molecule has 1 aliphatic rings. The van der Waals surface area contributed by atoms with Crippen molar-refractivity contribution < 1.29 is 4.39 Å². The number of nitrogens with two attached hydrogens (primary N) is 1. The predicted molar refractivity (Wildman–Crippen MR) is 81.6 cm³/mol. The summed E-state index contributed by atoms with van der Waals surface area (Å²) in [4.78, 5) is 8.13. The highest BCUT2D eigenvalue weighted by Crippen LogP contribution is 2.44. The number of nitrogens with zero attached hydrogens (tertiary/aromatic N) is 3. The largest absolute Gasteiger partial charge is 0.383 e. The van der Waals surface area contributed by atoms with Crippen molar-refractivity contribution in [2.75, 3.05) is 17.6 Å². The van der Waals surface area contributed by atoms with Crippen LogP contribution in [-0.2, 0) is 5.41 Å². The molecule has 2 aromatic heterocycles. The molecule has 1 aliphatic carbocycles. The summed E-state index contributed by atoms with van der Waals surface area (Å²) in [6.07, 6.45) is 5.95. The van der Waals surface area contributed by atoms with Crippen LogP contribution in [0, 0.1) is 17.1 Å². The quantitative estimate of drug-likeness (QED) is 0.905. The molecule has 0 radical (unpaired) electrons. The second kappa shape index (κ2) is 5.60. The number of nitrogens with one attached hydrogen (secondary N) is 1. The van der Waals surface area contributed by atoms with E-state index >= 15 is 0 Å². The minimum atomic E-state index is -0.323. The van der Waals surface area contributed by atoms with Crippen molar-refractivity contribution in [2.24, 2.45) is 0 Å². The minimum Gasteiger partial charge on any atom is -0.383 e. The number of pyridine rings is 2. The maximum Gasteiger partial charge on any atom is 0.145 e. The number of anilines is 2. The maximum atomic E-state index is 14.1. The number of hydrogen-bond acceptors (Lipinski definition) is 5. The summed E-state index contributed by atoms with van der Waals surface area (Å²) in [7, 11) is 0. The maximum absolute atomic E-state index is 14.1. The van der Waals surface area contributed by atoms with Gasteiger partial charge in [-0.15, -0.1) is 0 Å². The van der Waals surface area contributed by atoms with E-state index in [4.69, 9.17) is 5.73 Å². The Hall–Kier alpha value is -2.68. The van der Waals surface area contributed by atoms with Crippen molar-refractivity contribution in [1.82, 2.24) is 9.97 Å². The molecule has 0 amide bonds. The van der Waals surface area contributed by atoms with Gasteiger partial charge in [0.2, 0.25) is 0 Å². The van der Waals surface area contributed by atoms with Gasteiger partial charge in [-0.3, -0.25) is 4.98 Å². The summed E-state index contributed by atoms with van der Waals surface area (Å²) in [5.41, 5.74) is 6.82. The second-order valence-corrected chi connectivity index (χ2v) is 5.55. The van der Waals surface area contributed by atoms with Gasteiger partial charge < -0.3 is 11.1 Å². The third kappa shape index (κ3) is 2.35. The third-order valence-corrected chi connectivity index (χ3v) is 4.28. The van der Waals surface area contributed by atoms with E-state index in [1.54, 1.807) is 24.5 Å². The number of nitriles is 1. The number of aromatic nitrogens is 2. The predicted octanol–water partition coefficient (Wildman–Crippen LogP) is 2.60. The van der Waals surface area contributed by atoms with Gasteiger partial charge in [0.25, 0.3) is 0 Å². The van der Waals surface area contributed by atoms with E-state index in [1.165, 1.54) is 6.07 Å². The molecule has 0 atom stereocenters. The molecule has 5 nitrogen and oxygen atoms in total. The summed E-state index contributed by atoms with van der Waals surface area (Å²) >= 11 is 0. The van der Waals surface area contributed by atoms with Crippen LogP contribution in [0.25, 0.3) is 0 Å². The van der Waals surface area contributed by atoms with E-state index in [9.17, 15) is 9.65 Å².